The van der Waals surface area contributed by atoms with Crippen LogP contribution in [0.4, 0.5) is 0 Å². The molecule has 0 radical (unpaired) electrons. The van der Waals surface area contributed by atoms with Gasteiger partial charge in [-0.3, -0.25) is 4.79 Å². The van der Waals surface area contributed by atoms with Gasteiger partial charge in [0, 0.05) is 19.5 Å². The van der Waals surface area contributed by atoms with Gasteiger partial charge in [-0.25, -0.2) is 0 Å². The first kappa shape index (κ1) is 14.2. The number of amides is 1. The van der Waals surface area contributed by atoms with Crippen LogP contribution >= 0.6 is 0 Å². The Morgan fingerprint density at radius 1 is 1.47 bits per heavy atom. The van der Waals surface area contributed by atoms with Crippen LogP contribution in [0.5, 0.6) is 0 Å². The third-order valence-electron chi connectivity index (χ3n) is 2.57. The monoisotopic (exact) mass is 212 g/mol. The molecule has 0 spiro atoms. The van der Waals surface area contributed by atoms with Gasteiger partial charge < -0.3 is 10.6 Å². The van der Waals surface area contributed by atoms with Crippen molar-refractivity contribution in [2.75, 3.05) is 19.6 Å². The Hall–Kier alpha value is -0.830. The lowest BCUT2D eigenvalue weighted by Crippen LogP contribution is -2.34. The summed E-state index contributed by atoms with van der Waals surface area (Å²) >= 11 is 0. The summed E-state index contributed by atoms with van der Waals surface area (Å²) in [5.74, 6) is 0.509. The van der Waals surface area contributed by atoms with Crippen LogP contribution in [0.15, 0.2) is 12.2 Å². The fourth-order valence-electron chi connectivity index (χ4n) is 1.47. The van der Waals surface area contributed by atoms with Gasteiger partial charge in [0.2, 0.25) is 5.91 Å². The van der Waals surface area contributed by atoms with Gasteiger partial charge >= 0.3 is 0 Å². The van der Waals surface area contributed by atoms with E-state index in [1.54, 1.807) is 0 Å². The minimum Gasteiger partial charge on any atom is -0.339 e. The molecule has 0 saturated heterocycles. The van der Waals surface area contributed by atoms with Gasteiger partial charge in [-0.15, -0.1) is 0 Å². The van der Waals surface area contributed by atoms with Crippen molar-refractivity contribution in [1.82, 2.24) is 4.90 Å². The fourth-order valence-corrected chi connectivity index (χ4v) is 1.47. The predicted octanol–water partition coefficient (Wildman–Crippen LogP) is 1.79. The molecule has 0 fully saturated rings. The molecule has 0 aromatic carbocycles. The van der Waals surface area contributed by atoms with E-state index in [1.807, 2.05) is 18.7 Å². The quantitative estimate of drug-likeness (QED) is 0.654. The number of rotatable bonds is 7. The fraction of sp³-hybridized carbons (Fsp3) is 0.750. The Labute approximate surface area is 93.3 Å². The zero-order chi connectivity index (χ0) is 11.8. The minimum absolute atomic E-state index is 0.192. The Kier molecular flexibility index (Phi) is 7.05. The van der Waals surface area contributed by atoms with Crippen LogP contribution in [0.3, 0.4) is 0 Å². The molecule has 3 heteroatoms. The number of hydrogen-bond donors (Lipinski definition) is 1. The predicted molar refractivity (Wildman–Crippen MR) is 64.5 cm³/mol. The van der Waals surface area contributed by atoms with E-state index in [9.17, 15) is 4.79 Å². The summed E-state index contributed by atoms with van der Waals surface area (Å²) in [4.78, 5) is 13.7. The van der Waals surface area contributed by atoms with Crippen LogP contribution in [0, 0.1) is 5.92 Å². The van der Waals surface area contributed by atoms with Crippen molar-refractivity contribution in [2.24, 2.45) is 11.7 Å². The second-order valence-corrected chi connectivity index (χ2v) is 4.08. The Balaban J connectivity index is 4.19. The van der Waals surface area contributed by atoms with E-state index < -0.39 is 0 Å². The normalized spacial score (nSPS) is 12.3. The highest BCUT2D eigenvalue weighted by atomic mass is 16.2. The molecule has 1 atom stereocenters. The highest BCUT2D eigenvalue weighted by Crippen LogP contribution is 2.09. The maximum Gasteiger partial charge on any atom is 0.223 e. The molecule has 2 N–H and O–H groups in total. The Bertz CT molecular complexity index is 210. The summed E-state index contributed by atoms with van der Waals surface area (Å²) in [6.45, 7) is 11.8. The van der Waals surface area contributed by atoms with Gasteiger partial charge in [0.15, 0.2) is 0 Å². The van der Waals surface area contributed by atoms with Crippen molar-refractivity contribution in [2.45, 2.75) is 33.6 Å². The Morgan fingerprint density at radius 3 is 2.40 bits per heavy atom. The molecule has 0 heterocycles. The first-order chi connectivity index (χ1) is 7.04. The Morgan fingerprint density at radius 2 is 2.07 bits per heavy atom. The molecule has 0 aromatic heterocycles. The molecular formula is C12H24N2O. The topological polar surface area (TPSA) is 46.3 Å². The van der Waals surface area contributed by atoms with Crippen LogP contribution in [0.25, 0.3) is 0 Å². The number of hydrogen-bond acceptors (Lipinski definition) is 2. The second kappa shape index (κ2) is 7.46. The van der Waals surface area contributed by atoms with E-state index in [0.29, 0.717) is 25.4 Å². The molecule has 0 aliphatic carbocycles. The van der Waals surface area contributed by atoms with Crippen molar-refractivity contribution in [1.29, 1.82) is 0 Å². The molecule has 0 bridgehead atoms. The highest BCUT2D eigenvalue weighted by molar-refractivity contribution is 5.76. The van der Waals surface area contributed by atoms with Crippen molar-refractivity contribution < 1.29 is 4.79 Å². The number of nitrogens with zero attached hydrogens (tertiary/aromatic N) is 1. The molecular weight excluding hydrogens is 188 g/mol. The average Bonchev–Trinajstić information content (AvgIpc) is 2.21. The third kappa shape index (κ3) is 5.57. The van der Waals surface area contributed by atoms with Crippen LogP contribution in [-0.4, -0.2) is 30.4 Å². The maximum atomic E-state index is 11.9. The largest absolute Gasteiger partial charge is 0.339 e. The third-order valence-corrected chi connectivity index (χ3v) is 2.57. The summed E-state index contributed by atoms with van der Waals surface area (Å²) in [6, 6.07) is 0. The van der Waals surface area contributed by atoms with Crippen molar-refractivity contribution in [3.05, 3.63) is 12.2 Å². The van der Waals surface area contributed by atoms with Crippen molar-refractivity contribution in [3.63, 3.8) is 0 Å². The number of carbonyl (C=O) groups excluding carboxylic acids is 1. The van der Waals surface area contributed by atoms with E-state index in [-0.39, 0.29) is 5.91 Å². The number of carbonyl (C=O) groups is 1. The summed E-state index contributed by atoms with van der Waals surface area (Å²) in [5.41, 5.74) is 6.61. The summed E-state index contributed by atoms with van der Waals surface area (Å²) in [5, 5.41) is 0. The summed E-state index contributed by atoms with van der Waals surface area (Å²) in [6.07, 6.45) is 1.53. The molecule has 0 aliphatic rings. The molecule has 0 aromatic rings. The van der Waals surface area contributed by atoms with Gasteiger partial charge in [-0.1, -0.05) is 25.5 Å². The second-order valence-electron chi connectivity index (χ2n) is 4.08. The number of likely N-dealkylation sites (N-methyl/N-ethyl adjacent to an activating group) is 1. The van der Waals surface area contributed by atoms with Crippen LogP contribution in [0.2, 0.25) is 0 Å². The average molecular weight is 212 g/mol. The lowest BCUT2D eigenvalue weighted by atomic mass is 10.0. The smallest absolute Gasteiger partial charge is 0.223 e. The molecule has 0 rings (SSSR count). The van der Waals surface area contributed by atoms with Gasteiger partial charge in [0.25, 0.3) is 0 Å². The van der Waals surface area contributed by atoms with Crippen LogP contribution in [0.1, 0.15) is 33.6 Å². The zero-order valence-electron chi connectivity index (χ0n) is 10.3. The van der Waals surface area contributed by atoms with Gasteiger partial charge in [-0.05, 0) is 26.3 Å². The van der Waals surface area contributed by atoms with Gasteiger partial charge in [0.1, 0.15) is 0 Å². The first-order valence-corrected chi connectivity index (χ1v) is 5.67. The molecule has 88 valence electrons. The standard InChI is InChI=1S/C12H24N2O/c1-5-11(8-13)7-12(15)14(6-2)9-10(3)4/h11H,3,5-9,13H2,1-2,4H3. The molecule has 1 unspecified atom stereocenters. The maximum absolute atomic E-state index is 11.9. The van der Waals surface area contributed by atoms with E-state index in [0.717, 1.165) is 18.5 Å². The van der Waals surface area contributed by atoms with Crippen molar-refractivity contribution >= 4 is 5.91 Å². The molecule has 3 nitrogen and oxygen atoms in total. The SMILES string of the molecule is C=C(C)CN(CC)C(=O)CC(CC)CN. The molecule has 0 saturated carbocycles. The van der Waals surface area contributed by atoms with Gasteiger partial charge in [0.05, 0.1) is 0 Å². The molecule has 15 heavy (non-hydrogen) atoms. The van der Waals surface area contributed by atoms with E-state index in [1.165, 1.54) is 0 Å². The lowest BCUT2D eigenvalue weighted by Gasteiger charge is -2.23. The van der Waals surface area contributed by atoms with Gasteiger partial charge in [-0.2, -0.15) is 0 Å². The molecule has 1 amide bonds. The van der Waals surface area contributed by atoms with Crippen molar-refractivity contribution in [3.8, 4) is 0 Å². The number of nitrogens with two attached hydrogens (primary N) is 1. The van der Waals surface area contributed by atoms with E-state index in [4.69, 9.17) is 5.73 Å². The summed E-state index contributed by atoms with van der Waals surface area (Å²) < 4.78 is 0. The first-order valence-electron chi connectivity index (χ1n) is 5.67. The highest BCUT2D eigenvalue weighted by Gasteiger charge is 2.15. The zero-order valence-corrected chi connectivity index (χ0v) is 10.3. The van der Waals surface area contributed by atoms with Crippen LogP contribution in [-0.2, 0) is 4.79 Å². The van der Waals surface area contributed by atoms with Crippen LogP contribution < -0.4 is 5.73 Å². The van der Waals surface area contributed by atoms with E-state index in [2.05, 4.69) is 13.5 Å². The van der Waals surface area contributed by atoms with E-state index >= 15 is 0 Å². The summed E-state index contributed by atoms with van der Waals surface area (Å²) in [7, 11) is 0. The minimum atomic E-state index is 0.192. The molecule has 0 aliphatic heterocycles. The lowest BCUT2D eigenvalue weighted by molar-refractivity contribution is -0.131.